The lowest BCUT2D eigenvalue weighted by Gasteiger charge is -2.32. The van der Waals surface area contributed by atoms with Gasteiger partial charge in [-0.3, -0.25) is 4.79 Å². The van der Waals surface area contributed by atoms with Gasteiger partial charge in [0.05, 0.1) is 20.1 Å². The molecule has 1 fully saturated rings. The number of nitrogens with zero attached hydrogens (tertiary/aromatic N) is 3. The first-order chi connectivity index (χ1) is 15.2. The van der Waals surface area contributed by atoms with Crippen molar-refractivity contribution in [3.8, 4) is 22.6 Å². The number of amides is 1. The van der Waals surface area contributed by atoms with Gasteiger partial charge < -0.3 is 19.7 Å². The Balaban J connectivity index is 1.42. The third kappa shape index (κ3) is 4.77. The first-order valence-electron chi connectivity index (χ1n) is 10.3. The maximum absolute atomic E-state index is 12.9. The zero-order valence-electron chi connectivity index (χ0n) is 17.7. The van der Waals surface area contributed by atoms with E-state index in [0.717, 1.165) is 30.5 Å². The summed E-state index contributed by atoms with van der Waals surface area (Å²) in [4.78, 5) is 24.1. The van der Waals surface area contributed by atoms with Gasteiger partial charge in [-0.1, -0.05) is 30.3 Å². The molecular weight excluding hydrogens is 392 g/mol. The minimum Gasteiger partial charge on any atom is -0.493 e. The Morgan fingerprint density at radius 1 is 1.00 bits per heavy atom. The summed E-state index contributed by atoms with van der Waals surface area (Å²) in [6.45, 7) is 1.43. The van der Waals surface area contributed by atoms with Gasteiger partial charge >= 0.3 is 0 Å². The van der Waals surface area contributed by atoms with Gasteiger partial charge in [0.25, 0.3) is 0 Å². The normalized spacial score (nSPS) is 15.9. The SMILES string of the molecule is COc1ccc(NC(=O)[C@H]2CCCN(c3ncc(-c4ccccc4)cn3)C2)cc1OC. The number of piperidine rings is 1. The summed E-state index contributed by atoms with van der Waals surface area (Å²) in [6.07, 6.45) is 5.42. The van der Waals surface area contributed by atoms with Crippen molar-refractivity contribution in [2.45, 2.75) is 12.8 Å². The minimum atomic E-state index is -0.140. The van der Waals surface area contributed by atoms with Gasteiger partial charge in [-0.05, 0) is 30.5 Å². The van der Waals surface area contributed by atoms with Gasteiger partial charge in [0.2, 0.25) is 11.9 Å². The minimum absolute atomic E-state index is 0.0159. The number of methoxy groups -OCH3 is 2. The van der Waals surface area contributed by atoms with E-state index in [0.29, 0.717) is 29.7 Å². The van der Waals surface area contributed by atoms with Crippen LogP contribution in [-0.2, 0) is 4.79 Å². The Hall–Kier alpha value is -3.61. The molecule has 1 amide bonds. The van der Waals surface area contributed by atoms with E-state index in [1.54, 1.807) is 26.4 Å². The van der Waals surface area contributed by atoms with Crippen molar-refractivity contribution in [3.05, 3.63) is 60.9 Å². The molecule has 1 N–H and O–H groups in total. The van der Waals surface area contributed by atoms with E-state index < -0.39 is 0 Å². The summed E-state index contributed by atoms with van der Waals surface area (Å²) >= 11 is 0. The van der Waals surface area contributed by atoms with Gasteiger partial charge in [-0.2, -0.15) is 0 Å². The Morgan fingerprint density at radius 3 is 2.45 bits per heavy atom. The molecular formula is C24H26N4O3. The van der Waals surface area contributed by atoms with Crippen LogP contribution < -0.4 is 19.7 Å². The first-order valence-corrected chi connectivity index (χ1v) is 10.3. The average molecular weight is 418 g/mol. The van der Waals surface area contributed by atoms with E-state index in [4.69, 9.17) is 9.47 Å². The standard InChI is InChI=1S/C24H26N4O3/c1-30-21-11-10-20(13-22(21)31-2)27-23(29)18-9-6-12-28(16-18)24-25-14-19(15-26-24)17-7-4-3-5-8-17/h3-5,7-8,10-11,13-15,18H,6,9,12,16H2,1-2H3,(H,27,29)/t18-/m0/s1. The Kier molecular flexibility index (Phi) is 6.31. The average Bonchev–Trinajstić information content (AvgIpc) is 2.84. The molecule has 7 nitrogen and oxygen atoms in total. The van der Waals surface area contributed by atoms with Gasteiger partial charge in [0, 0.05) is 42.8 Å². The highest BCUT2D eigenvalue weighted by Gasteiger charge is 2.27. The third-order valence-electron chi connectivity index (χ3n) is 5.47. The van der Waals surface area contributed by atoms with Crippen molar-refractivity contribution in [3.63, 3.8) is 0 Å². The third-order valence-corrected chi connectivity index (χ3v) is 5.47. The molecule has 2 heterocycles. The summed E-state index contributed by atoms with van der Waals surface area (Å²) in [5, 5.41) is 3.00. The number of carbonyl (C=O) groups is 1. The van der Waals surface area contributed by atoms with Crippen molar-refractivity contribution in [2.75, 3.05) is 37.5 Å². The number of anilines is 2. The van der Waals surface area contributed by atoms with Crippen LogP contribution in [0, 0.1) is 5.92 Å². The lowest BCUT2D eigenvalue weighted by Crippen LogP contribution is -2.41. The molecule has 3 aromatic rings. The second-order valence-electron chi connectivity index (χ2n) is 7.48. The number of aromatic nitrogens is 2. The highest BCUT2D eigenvalue weighted by Crippen LogP contribution is 2.30. The largest absolute Gasteiger partial charge is 0.493 e. The summed E-state index contributed by atoms with van der Waals surface area (Å²) in [5.41, 5.74) is 2.74. The predicted octanol–water partition coefficient (Wildman–Crippen LogP) is 4.02. The van der Waals surface area contributed by atoms with Gasteiger partial charge in [-0.25, -0.2) is 9.97 Å². The molecule has 1 atom stereocenters. The number of hydrogen-bond acceptors (Lipinski definition) is 6. The summed E-state index contributed by atoms with van der Waals surface area (Å²) < 4.78 is 10.6. The summed E-state index contributed by atoms with van der Waals surface area (Å²) in [6, 6.07) is 15.4. The van der Waals surface area contributed by atoms with Crippen LogP contribution in [-0.4, -0.2) is 43.2 Å². The topological polar surface area (TPSA) is 76.6 Å². The fourth-order valence-electron chi connectivity index (χ4n) is 3.80. The molecule has 0 radical (unpaired) electrons. The molecule has 0 unspecified atom stereocenters. The lowest BCUT2D eigenvalue weighted by atomic mass is 9.97. The van der Waals surface area contributed by atoms with Crippen molar-refractivity contribution in [1.82, 2.24) is 9.97 Å². The predicted molar refractivity (Wildman–Crippen MR) is 121 cm³/mol. The van der Waals surface area contributed by atoms with E-state index in [-0.39, 0.29) is 11.8 Å². The van der Waals surface area contributed by atoms with Crippen LogP contribution in [0.25, 0.3) is 11.1 Å². The lowest BCUT2D eigenvalue weighted by molar-refractivity contribution is -0.120. The van der Waals surface area contributed by atoms with Crippen LogP contribution in [0.1, 0.15) is 12.8 Å². The fraction of sp³-hybridized carbons (Fsp3) is 0.292. The zero-order chi connectivity index (χ0) is 21.6. The van der Waals surface area contributed by atoms with E-state index in [2.05, 4.69) is 20.2 Å². The number of nitrogens with one attached hydrogen (secondary N) is 1. The Bertz CT molecular complexity index is 1020. The van der Waals surface area contributed by atoms with Crippen LogP contribution in [0.15, 0.2) is 60.9 Å². The molecule has 4 rings (SSSR count). The molecule has 1 aliphatic heterocycles. The second-order valence-corrected chi connectivity index (χ2v) is 7.48. The van der Waals surface area contributed by atoms with Crippen LogP contribution in [0.5, 0.6) is 11.5 Å². The van der Waals surface area contributed by atoms with Crippen molar-refractivity contribution in [1.29, 1.82) is 0 Å². The molecule has 0 saturated carbocycles. The number of ether oxygens (including phenoxy) is 2. The van der Waals surface area contributed by atoms with E-state index in [1.807, 2.05) is 48.8 Å². The Morgan fingerprint density at radius 2 is 1.74 bits per heavy atom. The molecule has 7 heteroatoms. The van der Waals surface area contributed by atoms with Crippen molar-refractivity contribution >= 4 is 17.5 Å². The highest BCUT2D eigenvalue weighted by molar-refractivity contribution is 5.93. The molecule has 160 valence electrons. The molecule has 0 aliphatic carbocycles. The molecule has 31 heavy (non-hydrogen) atoms. The summed E-state index contributed by atoms with van der Waals surface area (Å²) in [5.74, 6) is 1.71. The van der Waals surface area contributed by atoms with Crippen LogP contribution in [0.2, 0.25) is 0 Å². The van der Waals surface area contributed by atoms with Gasteiger partial charge in [0.1, 0.15) is 0 Å². The molecule has 1 aromatic heterocycles. The van der Waals surface area contributed by atoms with Crippen LogP contribution >= 0.6 is 0 Å². The van der Waals surface area contributed by atoms with Crippen molar-refractivity contribution in [2.24, 2.45) is 5.92 Å². The molecule has 2 aromatic carbocycles. The van der Waals surface area contributed by atoms with Crippen molar-refractivity contribution < 1.29 is 14.3 Å². The molecule has 0 bridgehead atoms. The fourth-order valence-corrected chi connectivity index (χ4v) is 3.80. The van der Waals surface area contributed by atoms with Crippen LogP contribution in [0.3, 0.4) is 0 Å². The number of rotatable bonds is 6. The molecule has 1 saturated heterocycles. The van der Waals surface area contributed by atoms with Crippen LogP contribution in [0.4, 0.5) is 11.6 Å². The first kappa shape index (κ1) is 20.7. The zero-order valence-corrected chi connectivity index (χ0v) is 17.7. The monoisotopic (exact) mass is 418 g/mol. The van der Waals surface area contributed by atoms with Gasteiger partial charge in [0.15, 0.2) is 11.5 Å². The number of hydrogen-bond donors (Lipinski definition) is 1. The molecule has 1 aliphatic rings. The maximum atomic E-state index is 12.9. The Labute approximate surface area is 182 Å². The highest BCUT2D eigenvalue weighted by atomic mass is 16.5. The second kappa shape index (κ2) is 9.47. The summed E-state index contributed by atoms with van der Waals surface area (Å²) in [7, 11) is 3.16. The van der Waals surface area contributed by atoms with E-state index >= 15 is 0 Å². The van der Waals surface area contributed by atoms with Gasteiger partial charge in [-0.15, -0.1) is 0 Å². The van der Waals surface area contributed by atoms with E-state index in [9.17, 15) is 4.79 Å². The molecule has 0 spiro atoms. The maximum Gasteiger partial charge on any atom is 0.229 e. The number of carbonyl (C=O) groups excluding carboxylic acids is 1. The number of benzene rings is 2. The van der Waals surface area contributed by atoms with E-state index in [1.165, 1.54) is 0 Å². The quantitative estimate of drug-likeness (QED) is 0.652. The smallest absolute Gasteiger partial charge is 0.229 e.